The Hall–Kier alpha value is -2.13. The molecule has 2 heterocycles. The number of hydrogen-bond acceptors (Lipinski definition) is 6. The van der Waals surface area contributed by atoms with E-state index in [0.717, 1.165) is 0 Å². The van der Waals surface area contributed by atoms with Crippen molar-refractivity contribution in [3.05, 3.63) is 20.8 Å². The largest absolute Gasteiger partial charge is 0.392 e. The summed E-state index contributed by atoms with van der Waals surface area (Å²) in [7, 11) is 1.50. The molecular weight excluding hydrogens is 278 g/mol. The van der Waals surface area contributed by atoms with Gasteiger partial charge in [0, 0.05) is 13.6 Å². The highest BCUT2D eigenvalue weighted by Crippen LogP contribution is 2.15. The van der Waals surface area contributed by atoms with Gasteiger partial charge in [0.1, 0.15) is 0 Å². The van der Waals surface area contributed by atoms with Gasteiger partial charge in [-0.25, -0.2) is 4.79 Å². The maximum atomic E-state index is 12.0. The smallest absolute Gasteiger partial charge is 0.329 e. The average Bonchev–Trinajstić information content (AvgIpc) is 2.72. The molecule has 2 rings (SSSR count). The molecule has 21 heavy (non-hydrogen) atoms. The lowest BCUT2D eigenvalue weighted by atomic mass is 10.4. The van der Waals surface area contributed by atoms with Crippen LogP contribution in [-0.2, 0) is 13.6 Å². The van der Waals surface area contributed by atoms with Gasteiger partial charge < -0.3 is 20.1 Å². The molecule has 0 saturated heterocycles. The molecule has 0 fully saturated rings. The maximum absolute atomic E-state index is 12.0. The van der Waals surface area contributed by atoms with Crippen molar-refractivity contribution >= 4 is 17.1 Å². The van der Waals surface area contributed by atoms with Crippen molar-refractivity contribution in [2.24, 2.45) is 7.05 Å². The molecule has 0 aliphatic rings. The fourth-order valence-electron chi connectivity index (χ4n) is 2.05. The van der Waals surface area contributed by atoms with E-state index in [0.29, 0.717) is 5.95 Å². The first kappa shape index (κ1) is 15.3. The minimum atomic E-state index is -0.703. The van der Waals surface area contributed by atoms with Crippen molar-refractivity contribution in [3.63, 3.8) is 0 Å². The van der Waals surface area contributed by atoms with E-state index >= 15 is 0 Å². The molecule has 0 saturated carbocycles. The second-order valence-corrected chi connectivity index (χ2v) is 5.12. The molecule has 116 valence electrons. The highest BCUT2D eigenvalue weighted by Gasteiger charge is 2.18. The van der Waals surface area contributed by atoms with Gasteiger partial charge in [0.05, 0.1) is 18.8 Å². The maximum Gasteiger partial charge on any atom is 0.329 e. The molecule has 2 atom stereocenters. The van der Waals surface area contributed by atoms with Gasteiger partial charge in [0.25, 0.3) is 5.56 Å². The highest BCUT2D eigenvalue weighted by atomic mass is 16.3. The summed E-state index contributed by atoms with van der Waals surface area (Å²) >= 11 is 0. The van der Waals surface area contributed by atoms with Crippen LogP contribution in [0.3, 0.4) is 0 Å². The number of imidazole rings is 1. The number of H-pyrrole nitrogens is 1. The SMILES string of the molecule is C[C@H](O)Cn1c(NC[C@@H](C)O)nc2c1c(=O)[nH]c(=O)n2C. The van der Waals surface area contributed by atoms with E-state index in [4.69, 9.17) is 0 Å². The summed E-state index contributed by atoms with van der Waals surface area (Å²) in [6.45, 7) is 3.56. The summed E-state index contributed by atoms with van der Waals surface area (Å²) in [5, 5.41) is 21.8. The molecule has 2 aromatic heterocycles. The normalized spacial score (nSPS) is 14.3. The standard InChI is InChI=1S/C12H19N5O4/c1-6(18)4-13-11-14-9-8(17(11)5-7(2)19)10(20)15-12(21)16(9)3/h6-7,18-19H,4-5H2,1-3H3,(H,13,14)(H,15,20,21)/t6-,7+/m1/s1. The number of hydrogen-bond donors (Lipinski definition) is 4. The van der Waals surface area contributed by atoms with Crippen molar-refractivity contribution in [1.82, 2.24) is 19.1 Å². The lowest BCUT2D eigenvalue weighted by Gasteiger charge is -2.12. The Morgan fingerprint density at radius 2 is 1.95 bits per heavy atom. The first-order valence-electron chi connectivity index (χ1n) is 6.60. The van der Waals surface area contributed by atoms with Crippen molar-refractivity contribution in [3.8, 4) is 0 Å². The Labute approximate surface area is 119 Å². The summed E-state index contributed by atoms with van der Waals surface area (Å²) in [6, 6.07) is 0. The van der Waals surface area contributed by atoms with Crippen LogP contribution in [0.2, 0.25) is 0 Å². The van der Waals surface area contributed by atoms with Crippen molar-refractivity contribution in [2.45, 2.75) is 32.6 Å². The van der Waals surface area contributed by atoms with Gasteiger partial charge in [-0.2, -0.15) is 4.98 Å². The number of anilines is 1. The first-order chi connectivity index (χ1) is 9.81. The molecule has 0 unspecified atom stereocenters. The Kier molecular flexibility index (Phi) is 4.14. The predicted octanol–water partition coefficient (Wildman–Crippen LogP) is -1.40. The second-order valence-electron chi connectivity index (χ2n) is 5.12. The summed E-state index contributed by atoms with van der Waals surface area (Å²) in [5.41, 5.74) is -0.703. The zero-order valence-corrected chi connectivity index (χ0v) is 12.1. The molecule has 9 nitrogen and oxygen atoms in total. The van der Waals surface area contributed by atoms with E-state index in [-0.39, 0.29) is 24.3 Å². The summed E-state index contributed by atoms with van der Waals surface area (Å²) in [6.07, 6.45) is -1.31. The van der Waals surface area contributed by atoms with Crippen LogP contribution < -0.4 is 16.6 Å². The van der Waals surface area contributed by atoms with Crippen LogP contribution in [0.4, 0.5) is 5.95 Å². The number of rotatable bonds is 5. The third kappa shape index (κ3) is 2.98. The van der Waals surface area contributed by atoms with Crippen LogP contribution in [0.5, 0.6) is 0 Å². The van der Waals surface area contributed by atoms with Gasteiger partial charge in [-0.05, 0) is 13.8 Å². The van der Waals surface area contributed by atoms with E-state index in [1.54, 1.807) is 13.8 Å². The van der Waals surface area contributed by atoms with Gasteiger partial charge in [-0.1, -0.05) is 0 Å². The topological polar surface area (TPSA) is 125 Å². The lowest BCUT2D eigenvalue weighted by Crippen LogP contribution is -2.29. The fraction of sp³-hybridized carbons (Fsp3) is 0.583. The van der Waals surface area contributed by atoms with Crippen LogP contribution in [-0.4, -0.2) is 48.1 Å². The van der Waals surface area contributed by atoms with Crippen LogP contribution >= 0.6 is 0 Å². The fourth-order valence-corrected chi connectivity index (χ4v) is 2.05. The number of aromatic amines is 1. The molecular formula is C12H19N5O4. The Balaban J connectivity index is 2.67. The van der Waals surface area contributed by atoms with Gasteiger partial charge in [-0.3, -0.25) is 14.3 Å². The molecule has 4 N–H and O–H groups in total. The molecule has 0 spiro atoms. The molecule has 9 heteroatoms. The third-order valence-corrected chi connectivity index (χ3v) is 3.01. The van der Waals surface area contributed by atoms with E-state index in [1.807, 2.05) is 0 Å². The molecule has 0 aliphatic carbocycles. The first-order valence-corrected chi connectivity index (χ1v) is 6.60. The zero-order valence-electron chi connectivity index (χ0n) is 12.1. The molecule has 0 aromatic carbocycles. The average molecular weight is 297 g/mol. The van der Waals surface area contributed by atoms with E-state index in [1.165, 1.54) is 16.2 Å². The van der Waals surface area contributed by atoms with Gasteiger partial charge >= 0.3 is 5.69 Å². The Morgan fingerprint density at radius 1 is 1.29 bits per heavy atom. The van der Waals surface area contributed by atoms with Gasteiger partial charge in [0.2, 0.25) is 5.95 Å². The van der Waals surface area contributed by atoms with E-state index in [9.17, 15) is 19.8 Å². The number of nitrogens with zero attached hydrogens (tertiary/aromatic N) is 3. The molecule has 2 aromatic rings. The Morgan fingerprint density at radius 3 is 2.52 bits per heavy atom. The molecule has 0 aliphatic heterocycles. The van der Waals surface area contributed by atoms with Crippen LogP contribution in [0.25, 0.3) is 11.2 Å². The summed E-state index contributed by atoms with van der Waals surface area (Å²) in [4.78, 5) is 30.1. The van der Waals surface area contributed by atoms with Crippen molar-refractivity contribution < 1.29 is 10.2 Å². The van der Waals surface area contributed by atoms with Gasteiger partial charge in [-0.15, -0.1) is 0 Å². The number of nitrogens with one attached hydrogen (secondary N) is 2. The van der Waals surface area contributed by atoms with Crippen molar-refractivity contribution in [1.29, 1.82) is 0 Å². The highest BCUT2D eigenvalue weighted by molar-refractivity contribution is 5.74. The minimum Gasteiger partial charge on any atom is -0.392 e. The van der Waals surface area contributed by atoms with E-state index in [2.05, 4.69) is 15.3 Å². The van der Waals surface area contributed by atoms with Crippen molar-refractivity contribution in [2.75, 3.05) is 11.9 Å². The van der Waals surface area contributed by atoms with Crippen LogP contribution in [0.15, 0.2) is 9.59 Å². The molecule has 0 radical (unpaired) electrons. The monoisotopic (exact) mass is 297 g/mol. The minimum absolute atomic E-state index is 0.139. The zero-order chi connectivity index (χ0) is 15.7. The van der Waals surface area contributed by atoms with Crippen LogP contribution in [0.1, 0.15) is 13.8 Å². The number of aromatic nitrogens is 4. The predicted molar refractivity (Wildman–Crippen MR) is 77.4 cm³/mol. The third-order valence-electron chi connectivity index (χ3n) is 3.01. The molecule has 0 bridgehead atoms. The summed E-state index contributed by atoms with van der Waals surface area (Å²) < 4.78 is 2.73. The Bertz CT molecular complexity index is 755. The van der Waals surface area contributed by atoms with Crippen LogP contribution in [0, 0.1) is 0 Å². The summed E-state index contributed by atoms with van der Waals surface area (Å²) in [5.74, 6) is 0.318. The molecule has 0 amide bonds. The number of aliphatic hydroxyl groups excluding tert-OH is 2. The second kappa shape index (κ2) is 5.70. The van der Waals surface area contributed by atoms with Gasteiger partial charge in [0.15, 0.2) is 11.2 Å². The van der Waals surface area contributed by atoms with E-state index < -0.39 is 23.5 Å². The quantitative estimate of drug-likeness (QED) is 0.538. The number of aliphatic hydroxyl groups is 2. The number of aryl methyl sites for hydroxylation is 1. The lowest BCUT2D eigenvalue weighted by molar-refractivity contribution is 0.175. The number of fused-ring (bicyclic) bond motifs is 1.